The molecule has 10 atom stereocenters. The average molecular weight is 710 g/mol. The summed E-state index contributed by atoms with van der Waals surface area (Å²) in [5.74, 6) is 0.126. The fraction of sp³-hybridized carbons (Fsp3) is 0.524. The molecule has 45 heavy (non-hydrogen) atoms. The van der Waals surface area contributed by atoms with Crippen molar-refractivity contribution in [3.63, 3.8) is 0 Å². The van der Waals surface area contributed by atoms with Gasteiger partial charge >= 0.3 is 13.7 Å². The van der Waals surface area contributed by atoms with Crippen molar-refractivity contribution in [1.82, 2.24) is 39.0 Å². The number of aromatic nitrogens is 8. The molecule has 2 aliphatic rings. The van der Waals surface area contributed by atoms with E-state index in [4.69, 9.17) is 46.5 Å². The molecule has 0 aliphatic carbocycles. The smallest absolute Gasteiger partial charge is 0.394 e. The molecule has 0 spiro atoms. The molecule has 6 heterocycles. The number of nitrogens with zero attached hydrogens (tertiary/aromatic N) is 8. The molecule has 0 amide bonds. The minimum Gasteiger partial charge on any atom is -0.394 e. The quantitative estimate of drug-likeness (QED) is 0.107. The number of rotatable bonds is 11. The van der Waals surface area contributed by atoms with Gasteiger partial charge in [-0.25, -0.2) is 38.7 Å². The van der Waals surface area contributed by atoms with Crippen LogP contribution in [0.3, 0.4) is 0 Å². The Balaban J connectivity index is 1.18. The van der Waals surface area contributed by atoms with Gasteiger partial charge in [-0.15, -0.1) is 0 Å². The van der Waals surface area contributed by atoms with Crippen LogP contribution in [-0.2, 0) is 39.6 Å². The van der Waals surface area contributed by atoms with Gasteiger partial charge in [-0.1, -0.05) is 4.57 Å². The highest BCUT2D eigenvalue weighted by Gasteiger charge is 2.51. The van der Waals surface area contributed by atoms with Crippen LogP contribution in [-0.4, -0.2) is 105 Å². The van der Waals surface area contributed by atoms with E-state index in [2.05, 4.69) is 42.2 Å². The van der Waals surface area contributed by atoms with Gasteiger partial charge in [0, 0.05) is 0 Å². The van der Waals surface area contributed by atoms with Gasteiger partial charge in [-0.3, -0.25) is 13.7 Å². The van der Waals surface area contributed by atoms with Crippen LogP contribution in [0.5, 0.6) is 0 Å². The van der Waals surface area contributed by atoms with E-state index >= 15 is 8.78 Å². The Morgan fingerprint density at radius 1 is 0.956 bits per heavy atom. The van der Waals surface area contributed by atoms with Crippen molar-refractivity contribution in [2.24, 2.45) is 0 Å². The van der Waals surface area contributed by atoms with Crippen molar-refractivity contribution in [3.8, 4) is 0 Å². The third kappa shape index (κ3) is 6.24. The Bertz CT molecular complexity index is 1780. The summed E-state index contributed by atoms with van der Waals surface area (Å²) in [6.45, 7) is -5.61. The number of aliphatic hydroxyl groups excluding tert-OH is 1. The Hall–Kier alpha value is -2.62. The molecule has 0 aromatic carbocycles. The van der Waals surface area contributed by atoms with Gasteiger partial charge in [0.2, 0.25) is 0 Å². The zero-order valence-corrected chi connectivity index (χ0v) is 26.1. The number of halogens is 2. The van der Waals surface area contributed by atoms with Crippen LogP contribution in [0.4, 0.5) is 20.4 Å². The molecule has 6 rings (SSSR count). The van der Waals surface area contributed by atoms with Crippen LogP contribution in [0.15, 0.2) is 25.3 Å². The molecular weight excluding hydrogens is 684 g/mol. The second-order valence-corrected chi connectivity index (χ2v) is 14.9. The van der Waals surface area contributed by atoms with Crippen LogP contribution in [0.25, 0.3) is 22.3 Å². The molecule has 18 nitrogen and oxygen atoms in total. The lowest BCUT2D eigenvalue weighted by molar-refractivity contribution is -0.0572. The van der Waals surface area contributed by atoms with E-state index in [1.165, 1.54) is 34.4 Å². The molecule has 0 bridgehead atoms. The number of nitrogen functional groups attached to an aromatic ring is 2. The highest BCUT2D eigenvalue weighted by molar-refractivity contribution is 8.40. The number of nitrogens with two attached hydrogens (primary N) is 2. The Morgan fingerprint density at radius 3 is 2.02 bits per heavy atom. The fourth-order valence-corrected chi connectivity index (χ4v) is 6.99. The van der Waals surface area contributed by atoms with E-state index in [1.54, 1.807) is 0 Å². The zero-order chi connectivity index (χ0) is 32.0. The van der Waals surface area contributed by atoms with Gasteiger partial charge in [0.15, 0.2) is 47.7 Å². The molecule has 2 fully saturated rings. The van der Waals surface area contributed by atoms with Crippen LogP contribution in [0.2, 0.25) is 0 Å². The molecular formula is C21H25F2N10O8P2S2+. The molecule has 24 heteroatoms. The first kappa shape index (κ1) is 32.3. The second-order valence-electron chi connectivity index (χ2n) is 9.81. The maximum Gasteiger partial charge on any atom is 0.435 e. The first-order valence-electron chi connectivity index (χ1n) is 13.0. The van der Waals surface area contributed by atoms with E-state index in [0.717, 1.165) is 0 Å². The van der Waals surface area contributed by atoms with Gasteiger partial charge in [0.25, 0.3) is 6.35 Å². The summed E-state index contributed by atoms with van der Waals surface area (Å²) in [6, 6.07) is 0. The number of ether oxygens (including phenoxy) is 3. The molecule has 0 saturated carbocycles. The van der Waals surface area contributed by atoms with E-state index in [-0.39, 0.29) is 34.0 Å². The van der Waals surface area contributed by atoms with Gasteiger partial charge in [0.05, 0.1) is 25.9 Å². The van der Waals surface area contributed by atoms with E-state index < -0.39 is 82.5 Å². The minimum atomic E-state index is -4.31. The maximum atomic E-state index is 15.8. The van der Waals surface area contributed by atoms with Crippen molar-refractivity contribution in [2.45, 2.75) is 49.2 Å². The molecule has 6 unspecified atom stereocenters. The van der Waals surface area contributed by atoms with Gasteiger partial charge in [0.1, 0.15) is 60.4 Å². The summed E-state index contributed by atoms with van der Waals surface area (Å²) >= 11 is 8.93. The van der Waals surface area contributed by atoms with Crippen molar-refractivity contribution in [3.05, 3.63) is 25.3 Å². The predicted molar refractivity (Wildman–Crippen MR) is 158 cm³/mol. The Labute approximate surface area is 262 Å². The molecule has 4 aromatic rings. The maximum absolute atomic E-state index is 15.8. The number of imidazole rings is 2. The third-order valence-corrected chi connectivity index (χ3v) is 9.35. The van der Waals surface area contributed by atoms with Crippen molar-refractivity contribution >= 4 is 71.7 Å². The summed E-state index contributed by atoms with van der Waals surface area (Å²) in [5, 5.41) is 9.89. The second kappa shape index (κ2) is 12.9. The normalized spacial score (nSPS) is 30.3. The Morgan fingerprint density at radius 2 is 1.49 bits per heavy atom. The summed E-state index contributed by atoms with van der Waals surface area (Å²) in [6.07, 6.45) is -7.74. The van der Waals surface area contributed by atoms with Gasteiger partial charge in [-0.05, 0) is 11.8 Å². The topological polar surface area (TPSA) is 243 Å². The predicted octanol–water partition coefficient (Wildman–Crippen LogP) is 0.927. The fourth-order valence-electron chi connectivity index (χ4n) is 5.06. The molecule has 6 N–H and O–H groups in total. The number of hydrogen-bond acceptors (Lipinski definition) is 16. The summed E-state index contributed by atoms with van der Waals surface area (Å²) in [5.41, 5.74) is 12.4. The van der Waals surface area contributed by atoms with Crippen LogP contribution >= 0.6 is 26.0 Å². The van der Waals surface area contributed by atoms with E-state index in [1.807, 2.05) is 0 Å². The number of aliphatic hydroxyl groups is 1. The number of fused-ring (bicyclic) bond motifs is 2. The van der Waals surface area contributed by atoms with Gasteiger partial charge in [-0.2, -0.15) is 0 Å². The van der Waals surface area contributed by atoms with Crippen LogP contribution in [0.1, 0.15) is 12.5 Å². The Kier molecular flexibility index (Phi) is 9.25. The van der Waals surface area contributed by atoms with Crippen LogP contribution in [0, 0.1) is 0 Å². The summed E-state index contributed by atoms with van der Waals surface area (Å²) < 4.78 is 73.6. The number of alkyl halides is 2. The molecule has 2 saturated heterocycles. The van der Waals surface area contributed by atoms with Gasteiger partial charge < -0.3 is 40.2 Å². The number of thiol groups is 1. The molecule has 0 radical (unpaired) electrons. The van der Waals surface area contributed by atoms with Crippen LogP contribution < -0.4 is 11.5 Å². The standard InChI is InChI=1S/C21H24F2N10O8P2S2/c22-10-14(37-7-42(35)44)9(40-20(10)32-5-30-12-16(24)26-3-28-18(12)32)2-38-43(36,45)41-15-8(1-34)39-21(11(15)23)33-6-31-13-17(25)27-4-29-19(13)33/h3-6,8-11,14-15,20-21,34H,1-2,7H2,(H5-,24,25,26,27,28,29,35,36,44,45)/p+1/t8-,9-,10?,11?,14?,15?,20-,21-,43?/m1/s1. The zero-order valence-electron chi connectivity index (χ0n) is 22.6. The lowest BCUT2D eigenvalue weighted by Gasteiger charge is -2.25. The largest absolute Gasteiger partial charge is 0.435 e. The van der Waals surface area contributed by atoms with Crippen molar-refractivity contribution < 1.29 is 46.6 Å². The number of hydrogen-bond donors (Lipinski definition) is 5. The lowest BCUT2D eigenvalue weighted by atomic mass is 10.1. The third-order valence-electron chi connectivity index (χ3n) is 7.07. The average Bonchev–Trinajstić information content (AvgIpc) is 3.76. The molecule has 242 valence electrons. The highest BCUT2D eigenvalue weighted by atomic mass is 32.7. The minimum absolute atomic E-state index is 0.0620. The highest BCUT2D eigenvalue weighted by Crippen LogP contribution is 2.50. The van der Waals surface area contributed by atoms with E-state index in [9.17, 15) is 14.6 Å². The first-order valence-corrected chi connectivity index (χ1v) is 18.1. The van der Waals surface area contributed by atoms with E-state index in [0.29, 0.717) is 0 Å². The SMILES string of the molecule is Nc1ncnc2c1ncn2[C@@H]1O[C@H](COP(O)(=S)OC2C(F)[C@H](n3cnc4c(N)ncnc43)O[C@@H]2CO)C(OC[P+](=O)S)C1F. The number of anilines is 2. The molecule has 4 aromatic heterocycles. The first-order chi connectivity index (χ1) is 21.5. The van der Waals surface area contributed by atoms with Crippen molar-refractivity contribution in [2.75, 3.05) is 31.0 Å². The molecule has 2 aliphatic heterocycles. The summed E-state index contributed by atoms with van der Waals surface area (Å²) in [4.78, 5) is 34.9. The summed E-state index contributed by atoms with van der Waals surface area (Å²) in [7, 11) is -2.12. The lowest BCUT2D eigenvalue weighted by Crippen LogP contribution is -2.35. The van der Waals surface area contributed by atoms with Crippen molar-refractivity contribution in [1.29, 1.82) is 0 Å². The monoisotopic (exact) mass is 709 g/mol.